The van der Waals surface area contributed by atoms with Crippen molar-refractivity contribution < 1.29 is 44.8 Å². The minimum absolute atomic E-state index is 0.0571. The fourth-order valence-electron chi connectivity index (χ4n) is 11.9. The van der Waals surface area contributed by atoms with Crippen molar-refractivity contribution in [3.63, 3.8) is 0 Å². The number of phenolic OH excluding ortho intramolecular Hbond substituents is 1. The van der Waals surface area contributed by atoms with Gasteiger partial charge in [-0.2, -0.15) is 0 Å². The standard InChI is InChI=1S/C47H66N2O9/c1-48-16-11-27-3-6-32-34(19-27)35-21-30(5-8-40(35)57-18-13-28-9-14-47(55,24-28)15-10-38(32)51)31-4-7-33-39(52)23-42(58-41(33)22-31)43-36(20-29-12-17-49-25-29)46(56-2)45(54)44(53)37(43)26-50/h5,8,12,17,21,25,27-28,31-34,38-39,41-42,48-55H,3-4,6-7,9-11,13-16,18-20,22-24,26H2,1-2H3. The predicted molar refractivity (Wildman–Crippen MR) is 220 cm³/mol. The third kappa shape index (κ3) is 8.37. The summed E-state index contributed by atoms with van der Waals surface area (Å²) in [7, 11) is 3.46. The number of ether oxygens (including phenoxy) is 3. The van der Waals surface area contributed by atoms with Crippen molar-refractivity contribution in [3.05, 3.63) is 70.0 Å². The summed E-state index contributed by atoms with van der Waals surface area (Å²) < 4.78 is 19.3. The SMILES string of the molecule is CNCCC1CCC2C(O)CCC3(O)CCC(CCOc4ccc(C5CCC6C(O)CC(c7c(CO)c(O)c(O)c(OC)c7Cc7cc[nH]c7)OC6C5)cc4C2C1)C3. The lowest BCUT2D eigenvalue weighted by molar-refractivity contribution is -0.154. The highest BCUT2D eigenvalue weighted by atomic mass is 16.5. The molecule has 2 aliphatic heterocycles. The van der Waals surface area contributed by atoms with Gasteiger partial charge in [0.05, 0.1) is 50.3 Å². The van der Waals surface area contributed by atoms with Gasteiger partial charge < -0.3 is 55.2 Å². The number of H-pyrrole nitrogens is 1. The van der Waals surface area contributed by atoms with Crippen molar-refractivity contribution in [1.82, 2.24) is 10.3 Å². The number of aliphatic hydroxyl groups excluding tert-OH is 3. The lowest BCUT2D eigenvalue weighted by atomic mass is 9.66. The van der Waals surface area contributed by atoms with Gasteiger partial charge in [-0.3, -0.25) is 0 Å². The Morgan fingerprint density at radius 2 is 1.74 bits per heavy atom. The summed E-state index contributed by atoms with van der Waals surface area (Å²) in [6.07, 6.45) is 13.5. The van der Waals surface area contributed by atoms with Gasteiger partial charge in [-0.25, -0.2) is 0 Å². The molecule has 8 rings (SSSR count). The molecular weight excluding hydrogens is 737 g/mol. The van der Waals surface area contributed by atoms with Gasteiger partial charge in [0.2, 0.25) is 5.75 Å². The van der Waals surface area contributed by atoms with Gasteiger partial charge in [0, 0.05) is 42.3 Å². The minimum Gasteiger partial charge on any atom is -0.504 e. The van der Waals surface area contributed by atoms with E-state index in [2.05, 4.69) is 28.5 Å². The molecule has 2 aromatic carbocycles. The Labute approximate surface area is 343 Å². The monoisotopic (exact) mass is 802 g/mol. The number of rotatable bonds is 9. The molecule has 0 spiro atoms. The minimum atomic E-state index is -0.690. The second-order valence-electron chi connectivity index (χ2n) is 18.5. The Bertz CT molecular complexity index is 1850. The van der Waals surface area contributed by atoms with Crippen molar-refractivity contribution in [2.45, 2.75) is 145 Å². The van der Waals surface area contributed by atoms with Crippen LogP contribution in [0.1, 0.15) is 141 Å². The Hall–Kier alpha value is -3.32. The van der Waals surface area contributed by atoms with Crippen LogP contribution in [-0.2, 0) is 17.8 Å². The Morgan fingerprint density at radius 3 is 2.52 bits per heavy atom. The lowest BCUT2D eigenvalue weighted by Gasteiger charge is -2.46. The number of aromatic hydroxyl groups is 2. The van der Waals surface area contributed by atoms with Crippen molar-refractivity contribution in [2.75, 3.05) is 27.3 Å². The molecule has 0 radical (unpaired) electrons. The van der Waals surface area contributed by atoms with Crippen LogP contribution in [0.3, 0.4) is 0 Å². The number of fused-ring (bicyclic) bond motifs is 6. The molecule has 3 saturated carbocycles. The van der Waals surface area contributed by atoms with Crippen molar-refractivity contribution in [2.24, 2.45) is 23.7 Å². The van der Waals surface area contributed by atoms with Gasteiger partial charge in [0.1, 0.15) is 5.75 Å². The molecule has 11 nitrogen and oxygen atoms in total. The average molecular weight is 803 g/mol. The number of hydrogen-bond donors (Lipinski definition) is 8. The van der Waals surface area contributed by atoms with Crippen LogP contribution in [0.5, 0.6) is 23.0 Å². The molecule has 318 valence electrons. The van der Waals surface area contributed by atoms with Gasteiger partial charge >= 0.3 is 0 Å². The maximum absolute atomic E-state index is 11.9. The number of methoxy groups -OCH3 is 1. The first kappa shape index (κ1) is 41.4. The Kier molecular flexibility index (Phi) is 12.7. The van der Waals surface area contributed by atoms with Crippen LogP contribution < -0.4 is 14.8 Å². The first-order valence-corrected chi connectivity index (χ1v) is 22.1. The number of aliphatic hydroxyl groups is 4. The van der Waals surface area contributed by atoms with E-state index in [1.54, 1.807) is 0 Å². The first-order valence-electron chi connectivity index (χ1n) is 22.1. The van der Waals surface area contributed by atoms with E-state index >= 15 is 0 Å². The van der Waals surface area contributed by atoms with Crippen LogP contribution in [0.2, 0.25) is 0 Å². The Balaban J connectivity index is 1.10. The maximum atomic E-state index is 11.9. The van der Waals surface area contributed by atoms with Crippen LogP contribution in [0.15, 0.2) is 36.7 Å². The zero-order valence-corrected chi connectivity index (χ0v) is 34.4. The molecule has 11 unspecified atom stereocenters. The smallest absolute Gasteiger partial charge is 0.201 e. The van der Waals surface area contributed by atoms with E-state index in [1.807, 2.05) is 25.5 Å². The van der Waals surface area contributed by atoms with E-state index in [0.717, 1.165) is 82.1 Å². The number of aromatic amines is 1. The lowest BCUT2D eigenvalue weighted by Crippen LogP contribution is -2.44. The highest BCUT2D eigenvalue weighted by Crippen LogP contribution is 2.54. The second kappa shape index (κ2) is 17.7. The number of phenols is 2. The van der Waals surface area contributed by atoms with E-state index in [1.165, 1.54) is 18.2 Å². The summed E-state index contributed by atoms with van der Waals surface area (Å²) in [6, 6.07) is 8.66. The summed E-state index contributed by atoms with van der Waals surface area (Å²) in [5.74, 6) is 1.48. The van der Waals surface area contributed by atoms with E-state index in [4.69, 9.17) is 14.2 Å². The molecule has 8 N–H and O–H groups in total. The van der Waals surface area contributed by atoms with Gasteiger partial charge in [-0.15, -0.1) is 0 Å². The summed E-state index contributed by atoms with van der Waals surface area (Å²) >= 11 is 0. The van der Waals surface area contributed by atoms with Crippen molar-refractivity contribution in [3.8, 4) is 23.0 Å². The fraction of sp³-hybridized carbons (Fsp3) is 0.660. The highest BCUT2D eigenvalue weighted by molar-refractivity contribution is 5.64. The van der Waals surface area contributed by atoms with Crippen LogP contribution in [0, 0.1) is 23.7 Å². The second-order valence-corrected chi connectivity index (χ2v) is 18.5. The van der Waals surface area contributed by atoms with E-state index in [-0.39, 0.29) is 41.1 Å². The number of benzene rings is 2. The zero-order valence-electron chi connectivity index (χ0n) is 34.4. The van der Waals surface area contributed by atoms with Gasteiger partial charge in [-0.05, 0) is 161 Å². The van der Waals surface area contributed by atoms with Crippen LogP contribution in [0.4, 0.5) is 0 Å². The molecule has 3 aromatic rings. The number of nitrogens with one attached hydrogen (secondary N) is 2. The summed E-state index contributed by atoms with van der Waals surface area (Å²) in [4.78, 5) is 3.07. The Morgan fingerprint density at radius 1 is 0.914 bits per heavy atom. The van der Waals surface area contributed by atoms with E-state index in [0.29, 0.717) is 61.7 Å². The molecule has 4 fully saturated rings. The third-order valence-corrected chi connectivity index (χ3v) is 15.1. The van der Waals surface area contributed by atoms with Crippen LogP contribution in [0.25, 0.3) is 0 Å². The molecule has 11 heteroatoms. The van der Waals surface area contributed by atoms with E-state index in [9.17, 15) is 30.6 Å². The quantitative estimate of drug-likeness (QED) is 0.107. The summed E-state index contributed by atoms with van der Waals surface area (Å²) in [5.41, 5.74) is 4.00. The third-order valence-electron chi connectivity index (χ3n) is 15.1. The van der Waals surface area contributed by atoms with Crippen molar-refractivity contribution >= 4 is 0 Å². The molecule has 58 heavy (non-hydrogen) atoms. The van der Waals surface area contributed by atoms with Crippen LogP contribution in [-0.4, -0.2) is 86.8 Å². The van der Waals surface area contributed by atoms with Crippen molar-refractivity contribution in [1.29, 1.82) is 0 Å². The van der Waals surface area contributed by atoms with E-state index < -0.39 is 42.0 Å². The molecule has 0 amide bonds. The molecule has 11 atom stereocenters. The molecule has 3 aliphatic carbocycles. The number of aromatic nitrogens is 1. The largest absolute Gasteiger partial charge is 0.504 e. The molecule has 3 heterocycles. The molecule has 2 bridgehead atoms. The molecule has 5 aliphatic rings. The maximum Gasteiger partial charge on any atom is 0.201 e. The molecule has 1 saturated heterocycles. The predicted octanol–water partition coefficient (Wildman–Crippen LogP) is 6.86. The normalized spacial score (nSPS) is 34.0. The van der Waals surface area contributed by atoms with Crippen LogP contribution >= 0.6 is 0 Å². The first-order chi connectivity index (χ1) is 28.1. The molecular formula is C47H66N2O9. The highest BCUT2D eigenvalue weighted by Gasteiger charge is 2.45. The fourth-order valence-corrected chi connectivity index (χ4v) is 11.9. The summed E-state index contributed by atoms with van der Waals surface area (Å²) in [6.45, 7) is 1.05. The average Bonchev–Trinajstić information content (AvgIpc) is 3.89. The topological polar surface area (TPSA) is 177 Å². The van der Waals surface area contributed by atoms with Gasteiger partial charge in [0.15, 0.2) is 11.5 Å². The molecule has 1 aromatic heterocycles. The van der Waals surface area contributed by atoms with Gasteiger partial charge in [-0.1, -0.05) is 12.1 Å². The summed E-state index contributed by atoms with van der Waals surface area (Å²) in [5, 5.41) is 71.1. The number of hydrogen-bond acceptors (Lipinski definition) is 10. The zero-order chi connectivity index (χ0) is 40.6. The van der Waals surface area contributed by atoms with Gasteiger partial charge in [0.25, 0.3) is 0 Å².